The van der Waals surface area contributed by atoms with Crippen LogP contribution in [-0.2, 0) is 26.2 Å². The fourth-order valence-electron chi connectivity index (χ4n) is 6.06. The largest absolute Gasteiger partial charge is 0.421 e. The maximum Gasteiger partial charge on any atom is 0.421 e. The number of aromatic nitrogens is 4. The lowest BCUT2D eigenvalue weighted by atomic mass is 10.1. The molecule has 0 bridgehead atoms. The highest BCUT2D eigenvalue weighted by atomic mass is 15.3. The van der Waals surface area contributed by atoms with E-state index in [4.69, 9.17) is 0 Å². The molecule has 46 heavy (non-hydrogen) atoms. The van der Waals surface area contributed by atoms with Gasteiger partial charge >= 0.3 is 11.9 Å². The first-order chi connectivity index (χ1) is 21.4. The molecule has 0 N–H and O–H groups in total. The topological polar surface area (TPSA) is 73.5 Å². The van der Waals surface area contributed by atoms with Crippen LogP contribution < -0.4 is 18.9 Å². The van der Waals surface area contributed by atoms with Gasteiger partial charge in [0.1, 0.15) is 11.4 Å². The minimum atomic E-state index is 0. The normalized spacial score (nSPS) is 14.0. The standard InChI is InChI=1S/C34H48N10.2CH3/c1-7-39-21-22-40(8-2)33(39)37-35-29-13-15-31(27(5)25-29)43-17-11-19-44(20-12-18-43)32-16-14-30(26-28(32)6)36-38-34-41(9-3)23-24-42(34)10-4;;/h13-16,21-26H,7-12,17-20H2,1-6H3;2*1H3/q+2;2*-1. The Morgan fingerprint density at radius 1 is 0.587 bits per heavy atom. The average molecular weight is 627 g/mol. The first-order valence-corrected chi connectivity index (χ1v) is 16.2. The minimum Gasteiger partial charge on any atom is -0.371 e. The summed E-state index contributed by atoms with van der Waals surface area (Å²) in [5.41, 5.74) is 6.84. The van der Waals surface area contributed by atoms with Crippen molar-refractivity contribution < 1.29 is 9.13 Å². The lowest BCUT2D eigenvalue weighted by Gasteiger charge is -2.34. The summed E-state index contributed by atoms with van der Waals surface area (Å²) in [7, 11) is 0. The van der Waals surface area contributed by atoms with E-state index in [0.29, 0.717) is 0 Å². The molecular formula is C36H54N10. The predicted molar refractivity (Wildman–Crippen MR) is 189 cm³/mol. The molecule has 2 aromatic heterocycles. The Balaban J connectivity index is 0.00000288. The van der Waals surface area contributed by atoms with Crippen LogP contribution in [0.1, 0.15) is 51.7 Å². The number of hydrogen-bond donors (Lipinski definition) is 0. The van der Waals surface area contributed by atoms with Crippen LogP contribution >= 0.6 is 0 Å². The third kappa shape index (κ3) is 8.08. The maximum absolute atomic E-state index is 4.59. The van der Waals surface area contributed by atoms with Crippen LogP contribution in [0.25, 0.3) is 0 Å². The zero-order valence-corrected chi connectivity index (χ0v) is 29.3. The van der Waals surface area contributed by atoms with Gasteiger partial charge in [-0.2, -0.15) is 0 Å². The summed E-state index contributed by atoms with van der Waals surface area (Å²) >= 11 is 0. The molecule has 5 rings (SSSR count). The van der Waals surface area contributed by atoms with Gasteiger partial charge in [0.2, 0.25) is 0 Å². The number of aryl methyl sites for hydroxylation is 6. The molecular weight excluding hydrogens is 572 g/mol. The summed E-state index contributed by atoms with van der Waals surface area (Å²) in [5, 5.41) is 18.4. The Kier molecular flexibility index (Phi) is 13.2. The molecule has 3 heterocycles. The number of benzene rings is 2. The van der Waals surface area contributed by atoms with Crippen LogP contribution in [0.4, 0.5) is 34.6 Å². The molecule has 248 valence electrons. The third-order valence-corrected chi connectivity index (χ3v) is 8.51. The van der Waals surface area contributed by atoms with E-state index in [2.05, 4.69) is 151 Å². The Morgan fingerprint density at radius 2 is 0.978 bits per heavy atom. The van der Waals surface area contributed by atoms with Gasteiger partial charge in [0, 0.05) is 47.8 Å². The summed E-state index contributed by atoms with van der Waals surface area (Å²) < 4.78 is 8.47. The average Bonchev–Trinajstić information content (AvgIpc) is 3.62. The van der Waals surface area contributed by atoms with E-state index in [9.17, 15) is 0 Å². The maximum atomic E-state index is 4.59. The van der Waals surface area contributed by atoms with Crippen molar-refractivity contribution in [3.8, 4) is 0 Å². The molecule has 1 saturated heterocycles. The molecule has 0 spiro atoms. The van der Waals surface area contributed by atoms with Crippen LogP contribution in [0, 0.1) is 28.7 Å². The van der Waals surface area contributed by atoms with Crippen molar-refractivity contribution in [2.45, 2.75) is 80.6 Å². The van der Waals surface area contributed by atoms with Crippen LogP contribution in [0.3, 0.4) is 0 Å². The van der Waals surface area contributed by atoms with Gasteiger partial charge in [-0.15, -0.1) is 0 Å². The van der Waals surface area contributed by atoms with E-state index in [1.807, 2.05) is 0 Å². The van der Waals surface area contributed by atoms with E-state index >= 15 is 0 Å². The molecule has 1 fully saturated rings. The van der Waals surface area contributed by atoms with E-state index < -0.39 is 0 Å². The zero-order valence-electron chi connectivity index (χ0n) is 29.3. The monoisotopic (exact) mass is 626 g/mol. The van der Waals surface area contributed by atoms with Crippen molar-refractivity contribution in [2.24, 2.45) is 20.5 Å². The second-order valence-electron chi connectivity index (χ2n) is 11.4. The number of hydrogen-bond acceptors (Lipinski definition) is 6. The molecule has 0 radical (unpaired) electrons. The van der Waals surface area contributed by atoms with Crippen molar-refractivity contribution in [3.63, 3.8) is 0 Å². The summed E-state index contributed by atoms with van der Waals surface area (Å²) in [5.74, 6) is 1.76. The predicted octanol–water partition coefficient (Wildman–Crippen LogP) is 8.40. The SMILES string of the molecule is CCn1cc[n+](CC)c1N=Nc1ccc(N2CCCN(c3ccc(N=Nc4n(CC)cc[n+]4CC)cc3C)CCC2)c(C)c1.[CH3-].[CH3-]. The molecule has 0 saturated carbocycles. The van der Waals surface area contributed by atoms with Crippen molar-refractivity contribution in [1.82, 2.24) is 9.13 Å². The summed E-state index contributed by atoms with van der Waals surface area (Å²) in [6, 6.07) is 12.9. The van der Waals surface area contributed by atoms with Crippen LogP contribution in [-0.4, -0.2) is 35.3 Å². The lowest BCUT2D eigenvalue weighted by molar-refractivity contribution is -0.680. The molecule has 2 aromatic carbocycles. The Morgan fingerprint density at radius 3 is 1.30 bits per heavy atom. The van der Waals surface area contributed by atoms with E-state index in [-0.39, 0.29) is 14.9 Å². The van der Waals surface area contributed by atoms with Gasteiger partial charge in [-0.25, -0.2) is 18.3 Å². The molecule has 0 atom stereocenters. The van der Waals surface area contributed by atoms with Crippen molar-refractivity contribution >= 4 is 34.6 Å². The summed E-state index contributed by atoms with van der Waals surface area (Å²) in [6.45, 7) is 20.5. The molecule has 4 aromatic rings. The van der Waals surface area contributed by atoms with Gasteiger partial charge < -0.3 is 24.7 Å². The Bertz CT molecular complexity index is 1440. The highest BCUT2D eigenvalue weighted by molar-refractivity contribution is 5.60. The number of rotatable bonds is 10. The van der Waals surface area contributed by atoms with E-state index in [0.717, 1.165) is 88.5 Å². The first kappa shape index (κ1) is 36.1. The molecule has 0 aliphatic carbocycles. The van der Waals surface area contributed by atoms with Gasteiger partial charge in [0.05, 0.1) is 51.0 Å². The van der Waals surface area contributed by atoms with E-state index in [1.54, 1.807) is 0 Å². The Labute approximate surface area is 276 Å². The molecule has 0 unspecified atom stereocenters. The van der Waals surface area contributed by atoms with Crippen LogP contribution in [0.5, 0.6) is 0 Å². The number of azo groups is 2. The minimum absolute atomic E-state index is 0. The Hall–Kier alpha value is -4.34. The van der Waals surface area contributed by atoms with Gasteiger partial charge in [-0.3, -0.25) is 0 Å². The van der Waals surface area contributed by atoms with Crippen molar-refractivity contribution in [2.75, 3.05) is 36.0 Å². The van der Waals surface area contributed by atoms with Crippen LogP contribution in [0.2, 0.25) is 0 Å². The lowest BCUT2D eigenvalue weighted by Crippen LogP contribution is -2.37. The molecule has 10 nitrogen and oxygen atoms in total. The van der Waals surface area contributed by atoms with Gasteiger partial charge in [-0.05, 0) is 102 Å². The third-order valence-electron chi connectivity index (χ3n) is 8.51. The van der Waals surface area contributed by atoms with Gasteiger partial charge in [0.15, 0.2) is 0 Å². The highest BCUT2D eigenvalue weighted by Crippen LogP contribution is 2.30. The van der Waals surface area contributed by atoms with Crippen molar-refractivity contribution in [3.05, 3.63) is 87.2 Å². The zero-order chi connectivity index (χ0) is 31.1. The van der Waals surface area contributed by atoms with E-state index in [1.165, 1.54) is 22.5 Å². The smallest absolute Gasteiger partial charge is 0.371 e. The summed E-state index contributed by atoms with van der Waals surface area (Å²) in [4.78, 5) is 5.07. The number of nitrogens with zero attached hydrogens (tertiary/aromatic N) is 10. The van der Waals surface area contributed by atoms with Gasteiger partial charge in [-0.1, -0.05) is 10.2 Å². The number of anilines is 2. The molecule has 0 amide bonds. The quantitative estimate of drug-likeness (QED) is 0.101. The molecule has 1 aliphatic heterocycles. The molecule has 10 heteroatoms. The summed E-state index contributed by atoms with van der Waals surface area (Å²) in [6.07, 6.45) is 10.4. The number of imidazole rings is 2. The van der Waals surface area contributed by atoms with Crippen molar-refractivity contribution in [1.29, 1.82) is 0 Å². The first-order valence-electron chi connectivity index (χ1n) is 16.2. The second-order valence-corrected chi connectivity index (χ2v) is 11.4. The highest BCUT2D eigenvalue weighted by Gasteiger charge is 2.19. The second kappa shape index (κ2) is 16.8. The van der Waals surface area contributed by atoms with Crippen LogP contribution in [0.15, 0.2) is 81.6 Å². The fraction of sp³-hybridized carbons (Fsp3) is 0.444. The fourth-order valence-corrected chi connectivity index (χ4v) is 6.06. The molecule has 1 aliphatic rings. The van der Waals surface area contributed by atoms with Gasteiger partial charge in [0.25, 0.3) is 0 Å².